The molecule has 2 aromatic carbocycles. The minimum Gasteiger partial charge on any atom is -0.497 e. The molecule has 1 atom stereocenters. The van der Waals surface area contributed by atoms with E-state index in [9.17, 15) is 9.59 Å². The van der Waals surface area contributed by atoms with Crippen molar-refractivity contribution in [3.63, 3.8) is 0 Å². The standard InChI is InChI=1S/C23H28Cl2N2O3/c1-4-12-26-23(29)21(5-2)27(15-16-8-6-9-17(13-16)30-3)22(28)14-18-19(24)10-7-11-20(18)25/h6-11,13,21H,4-5,12,14-15H2,1-3H3,(H,26,29)/t21-/m1/s1. The number of rotatable bonds is 10. The minimum absolute atomic E-state index is 0.0139. The third-order valence-electron chi connectivity index (χ3n) is 4.81. The number of hydrogen-bond acceptors (Lipinski definition) is 3. The van der Waals surface area contributed by atoms with E-state index in [-0.39, 0.29) is 24.8 Å². The smallest absolute Gasteiger partial charge is 0.242 e. The predicted octanol–water partition coefficient (Wildman–Crippen LogP) is 4.88. The van der Waals surface area contributed by atoms with Crippen LogP contribution in [0.15, 0.2) is 42.5 Å². The van der Waals surface area contributed by atoms with E-state index in [4.69, 9.17) is 27.9 Å². The first-order valence-corrected chi connectivity index (χ1v) is 10.8. The lowest BCUT2D eigenvalue weighted by atomic mass is 10.1. The minimum atomic E-state index is -0.600. The van der Waals surface area contributed by atoms with Gasteiger partial charge in [-0.25, -0.2) is 0 Å². The topological polar surface area (TPSA) is 58.6 Å². The van der Waals surface area contributed by atoms with Crippen LogP contribution in [0.4, 0.5) is 0 Å². The Bertz CT molecular complexity index is 853. The Labute approximate surface area is 188 Å². The van der Waals surface area contributed by atoms with Crippen LogP contribution in [0.2, 0.25) is 10.0 Å². The number of ether oxygens (including phenoxy) is 1. The zero-order valence-corrected chi connectivity index (χ0v) is 19.1. The molecule has 2 aromatic rings. The Morgan fingerprint density at radius 2 is 1.77 bits per heavy atom. The average Bonchev–Trinajstić information content (AvgIpc) is 2.74. The number of hydrogen-bond donors (Lipinski definition) is 1. The molecule has 7 heteroatoms. The van der Waals surface area contributed by atoms with Gasteiger partial charge in [0.2, 0.25) is 11.8 Å². The number of carbonyl (C=O) groups is 2. The Kier molecular flexibility index (Phi) is 9.47. The first-order chi connectivity index (χ1) is 14.4. The van der Waals surface area contributed by atoms with Crippen molar-refractivity contribution in [1.82, 2.24) is 10.2 Å². The second kappa shape index (κ2) is 11.8. The molecule has 0 aliphatic heterocycles. The molecule has 0 aliphatic carbocycles. The van der Waals surface area contributed by atoms with Gasteiger partial charge >= 0.3 is 0 Å². The molecule has 0 unspecified atom stereocenters. The molecule has 30 heavy (non-hydrogen) atoms. The van der Waals surface area contributed by atoms with Crippen molar-refractivity contribution < 1.29 is 14.3 Å². The van der Waals surface area contributed by atoms with Crippen LogP contribution in [0.25, 0.3) is 0 Å². The van der Waals surface area contributed by atoms with Crippen LogP contribution in [0, 0.1) is 0 Å². The van der Waals surface area contributed by atoms with E-state index in [1.165, 1.54) is 0 Å². The van der Waals surface area contributed by atoms with Gasteiger partial charge in [-0.05, 0) is 48.2 Å². The highest BCUT2D eigenvalue weighted by atomic mass is 35.5. The summed E-state index contributed by atoms with van der Waals surface area (Å²) in [6.45, 7) is 4.72. The quantitative estimate of drug-likeness (QED) is 0.560. The SMILES string of the molecule is CCCNC(=O)[C@@H](CC)N(Cc1cccc(OC)c1)C(=O)Cc1c(Cl)cccc1Cl. The number of benzene rings is 2. The Balaban J connectivity index is 2.35. The summed E-state index contributed by atoms with van der Waals surface area (Å²) >= 11 is 12.5. The number of nitrogens with zero attached hydrogens (tertiary/aromatic N) is 1. The van der Waals surface area contributed by atoms with E-state index >= 15 is 0 Å². The van der Waals surface area contributed by atoms with Crippen molar-refractivity contribution in [2.24, 2.45) is 0 Å². The van der Waals surface area contributed by atoms with Crippen molar-refractivity contribution in [3.8, 4) is 5.75 Å². The van der Waals surface area contributed by atoms with E-state index in [0.717, 1.165) is 12.0 Å². The zero-order valence-electron chi connectivity index (χ0n) is 17.6. The molecule has 0 fully saturated rings. The molecule has 0 aliphatic rings. The van der Waals surface area contributed by atoms with Gasteiger partial charge in [0.1, 0.15) is 11.8 Å². The van der Waals surface area contributed by atoms with Crippen molar-refractivity contribution in [1.29, 1.82) is 0 Å². The fraction of sp³-hybridized carbons (Fsp3) is 0.391. The number of methoxy groups -OCH3 is 1. The van der Waals surface area contributed by atoms with Gasteiger partial charge in [-0.2, -0.15) is 0 Å². The van der Waals surface area contributed by atoms with Crippen LogP contribution in [-0.4, -0.2) is 36.4 Å². The first-order valence-electron chi connectivity index (χ1n) is 10.0. The number of halogens is 2. The first kappa shape index (κ1) is 24.0. The van der Waals surface area contributed by atoms with Gasteiger partial charge in [-0.1, -0.05) is 55.2 Å². The van der Waals surface area contributed by atoms with Gasteiger partial charge < -0.3 is 15.0 Å². The van der Waals surface area contributed by atoms with Crippen LogP contribution in [0.5, 0.6) is 5.75 Å². The van der Waals surface area contributed by atoms with Gasteiger partial charge in [0.25, 0.3) is 0 Å². The van der Waals surface area contributed by atoms with Crippen LogP contribution in [0.1, 0.15) is 37.8 Å². The Morgan fingerprint density at radius 1 is 1.10 bits per heavy atom. The Morgan fingerprint density at radius 3 is 2.37 bits per heavy atom. The molecule has 0 saturated carbocycles. The predicted molar refractivity (Wildman–Crippen MR) is 121 cm³/mol. The van der Waals surface area contributed by atoms with E-state index in [0.29, 0.717) is 34.3 Å². The molecule has 1 N–H and O–H groups in total. The molecule has 0 saturated heterocycles. The summed E-state index contributed by atoms with van der Waals surface area (Å²) in [5, 5.41) is 3.77. The maximum atomic E-state index is 13.4. The number of nitrogens with one attached hydrogen (secondary N) is 1. The lowest BCUT2D eigenvalue weighted by Crippen LogP contribution is -2.49. The summed E-state index contributed by atoms with van der Waals surface area (Å²) < 4.78 is 5.29. The molecular formula is C23H28Cl2N2O3. The van der Waals surface area contributed by atoms with E-state index in [1.54, 1.807) is 30.2 Å². The molecule has 5 nitrogen and oxygen atoms in total. The van der Waals surface area contributed by atoms with E-state index < -0.39 is 6.04 Å². The second-order valence-electron chi connectivity index (χ2n) is 6.97. The highest BCUT2D eigenvalue weighted by Crippen LogP contribution is 2.26. The molecule has 162 valence electrons. The highest BCUT2D eigenvalue weighted by Gasteiger charge is 2.29. The van der Waals surface area contributed by atoms with Crippen LogP contribution in [0.3, 0.4) is 0 Å². The highest BCUT2D eigenvalue weighted by molar-refractivity contribution is 6.36. The molecule has 0 bridgehead atoms. The number of amides is 2. The van der Waals surface area contributed by atoms with E-state index in [1.807, 2.05) is 38.1 Å². The molecule has 2 rings (SSSR count). The molecule has 0 spiro atoms. The van der Waals surface area contributed by atoms with Gasteiger partial charge in [0.15, 0.2) is 0 Å². The fourth-order valence-electron chi connectivity index (χ4n) is 3.21. The van der Waals surface area contributed by atoms with Gasteiger partial charge in [0, 0.05) is 23.1 Å². The van der Waals surface area contributed by atoms with Gasteiger partial charge in [-0.3, -0.25) is 9.59 Å². The second-order valence-corrected chi connectivity index (χ2v) is 7.78. The van der Waals surface area contributed by atoms with Crippen molar-refractivity contribution in [3.05, 3.63) is 63.6 Å². The Hall–Kier alpha value is -2.24. The molecule has 0 radical (unpaired) electrons. The van der Waals surface area contributed by atoms with Crippen molar-refractivity contribution in [2.75, 3.05) is 13.7 Å². The molecule has 2 amide bonds. The molecular weight excluding hydrogens is 423 g/mol. The van der Waals surface area contributed by atoms with Crippen molar-refractivity contribution in [2.45, 2.75) is 45.7 Å². The van der Waals surface area contributed by atoms with Crippen LogP contribution >= 0.6 is 23.2 Å². The van der Waals surface area contributed by atoms with Gasteiger partial charge in [0.05, 0.1) is 13.5 Å². The molecule has 0 aromatic heterocycles. The monoisotopic (exact) mass is 450 g/mol. The third-order valence-corrected chi connectivity index (χ3v) is 5.52. The van der Waals surface area contributed by atoms with E-state index in [2.05, 4.69) is 5.32 Å². The normalized spacial score (nSPS) is 11.6. The average molecular weight is 451 g/mol. The van der Waals surface area contributed by atoms with Crippen LogP contribution in [-0.2, 0) is 22.6 Å². The van der Waals surface area contributed by atoms with Crippen molar-refractivity contribution >= 4 is 35.0 Å². The maximum Gasteiger partial charge on any atom is 0.242 e. The van der Waals surface area contributed by atoms with Gasteiger partial charge in [-0.15, -0.1) is 0 Å². The summed E-state index contributed by atoms with van der Waals surface area (Å²) in [7, 11) is 1.59. The largest absolute Gasteiger partial charge is 0.497 e. The third kappa shape index (κ3) is 6.38. The maximum absolute atomic E-state index is 13.4. The summed E-state index contributed by atoms with van der Waals surface area (Å²) in [5.74, 6) is 0.310. The lowest BCUT2D eigenvalue weighted by molar-refractivity contribution is -0.140. The number of carbonyl (C=O) groups excluding carboxylic acids is 2. The summed E-state index contributed by atoms with van der Waals surface area (Å²) in [5.41, 5.74) is 1.43. The summed E-state index contributed by atoms with van der Waals surface area (Å²) in [6.07, 6.45) is 1.32. The fourth-order valence-corrected chi connectivity index (χ4v) is 3.74. The zero-order chi connectivity index (χ0) is 22.1. The molecule has 0 heterocycles. The lowest BCUT2D eigenvalue weighted by Gasteiger charge is -2.31. The van der Waals surface area contributed by atoms with Crippen LogP contribution < -0.4 is 10.1 Å². The summed E-state index contributed by atoms with van der Waals surface area (Å²) in [6, 6.07) is 12.0. The summed E-state index contributed by atoms with van der Waals surface area (Å²) in [4.78, 5) is 27.7.